The van der Waals surface area contributed by atoms with Crippen molar-refractivity contribution in [1.29, 1.82) is 0 Å². The summed E-state index contributed by atoms with van der Waals surface area (Å²) in [5.74, 6) is -1.44. The second-order valence-corrected chi connectivity index (χ2v) is 12.5. The van der Waals surface area contributed by atoms with Crippen LogP contribution < -0.4 is 10.2 Å². The van der Waals surface area contributed by atoms with Gasteiger partial charge in [-0.2, -0.15) is 0 Å². The third-order valence-electron chi connectivity index (χ3n) is 6.13. The minimum atomic E-state index is -3.23. The average Bonchev–Trinajstić information content (AvgIpc) is 3.39. The Labute approximate surface area is 212 Å². The van der Waals surface area contributed by atoms with Gasteiger partial charge in [-0.1, -0.05) is 54.3 Å². The lowest BCUT2D eigenvalue weighted by atomic mass is 10.1. The highest BCUT2D eigenvalue weighted by Crippen LogP contribution is 2.45. The number of amides is 3. The van der Waals surface area contributed by atoms with E-state index in [2.05, 4.69) is 5.32 Å². The van der Waals surface area contributed by atoms with Gasteiger partial charge in [0.05, 0.1) is 33.7 Å². The molecule has 35 heavy (non-hydrogen) atoms. The van der Waals surface area contributed by atoms with Crippen LogP contribution in [0.4, 0.5) is 11.4 Å². The Morgan fingerprint density at radius 3 is 2.63 bits per heavy atom. The van der Waals surface area contributed by atoms with Crippen LogP contribution in [0.1, 0.15) is 17.5 Å². The number of thiocarbonyl (C=S) groups is 1. The topological polar surface area (TPSA) is 104 Å². The lowest BCUT2D eigenvalue weighted by Crippen LogP contribution is -2.39. The molecule has 1 N–H and O–H groups in total. The van der Waals surface area contributed by atoms with Crippen molar-refractivity contribution in [2.24, 2.45) is 0 Å². The maximum absolute atomic E-state index is 13.5. The molecule has 3 heterocycles. The van der Waals surface area contributed by atoms with Gasteiger partial charge in [-0.3, -0.25) is 24.2 Å². The van der Waals surface area contributed by atoms with Crippen LogP contribution in [0.5, 0.6) is 0 Å². The molecule has 11 heteroatoms. The summed E-state index contributed by atoms with van der Waals surface area (Å²) in [4.78, 5) is 42.5. The first-order chi connectivity index (χ1) is 16.6. The van der Waals surface area contributed by atoms with Gasteiger partial charge in [0.25, 0.3) is 11.8 Å². The van der Waals surface area contributed by atoms with Crippen LogP contribution >= 0.6 is 24.0 Å². The standard InChI is InChI=1S/C24H21N3O5S3/c1-14-5-4-6-15(11-14)25-19(28)12-26-18-8-3-2-7-17(18)20(22(26)29)21-23(30)27(24(33)34-21)16-9-10-35(31,32)13-16/h2-8,11,16H,9-10,12-13H2,1H3,(H,25,28)/b21-20+/t16-/m1/s1. The fourth-order valence-corrected chi connectivity index (χ4v) is 7.72. The third-order valence-corrected chi connectivity index (χ3v) is 9.28. The number of thioether (sulfide) groups is 1. The molecule has 8 nitrogen and oxygen atoms in total. The van der Waals surface area contributed by atoms with Crippen LogP contribution in [-0.4, -0.2) is 59.5 Å². The number of carbonyl (C=O) groups is 3. The van der Waals surface area contributed by atoms with E-state index in [0.717, 1.165) is 17.3 Å². The summed E-state index contributed by atoms with van der Waals surface area (Å²) in [6.45, 7) is 1.69. The largest absolute Gasteiger partial charge is 0.325 e. The zero-order chi connectivity index (χ0) is 24.9. The molecule has 0 bridgehead atoms. The number of sulfone groups is 1. The van der Waals surface area contributed by atoms with Gasteiger partial charge in [0.15, 0.2) is 9.84 Å². The zero-order valence-electron chi connectivity index (χ0n) is 18.7. The molecule has 3 aliphatic heterocycles. The van der Waals surface area contributed by atoms with Crippen molar-refractivity contribution >= 4 is 72.8 Å². The molecule has 3 aliphatic rings. The quantitative estimate of drug-likeness (QED) is 0.482. The number of fused-ring (bicyclic) bond motifs is 1. The van der Waals surface area contributed by atoms with Crippen LogP contribution in [0, 0.1) is 6.92 Å². The lowest BCUT2D eigenvalue weighted by molar-refractivity contribution is -0.123. The van der Waals surface area contributed by atoms with Crippen LogP contribution in [0.15, 0.2) is 53.4 Å². The van der Waals surface area contributed by atoms with Gasteiger partial charge in [0.1, 0.15) is 10.9 Å². The first-order valence-corrected chi connectivity index (χ1v) is 14.0. The lowest BCUT2D eigenvalue weighted by Gasteiger charge is -2.21. The van der Waals surface area contributed by atoms with Gasteiger partial charge in [0.2, 0.25) is 5.91 Å². The van der Waals surface area contributed by atoms with E-state index in [4.69, 9.17) is 12.2 Å². The Morgan fingerprint density at radius 2 is 1.91 bits per heavy atom. The van der Waals surface area contributed by atoms with Crippen LogP contribution in [0.2, 0.25) is 0 Å². The number of para-hydroxylation sites is 1. The second kappa shape index (κ2) is 8.89. The number of hydrogen-bond donors (Lipinski definition) is 1. The summed E-state index contributed by atoms with van der Waals surface area (Å²) in [6, 6.07) is 13.8. The molecule has 180 valence electrons. The first-order valence-electron chi connectivity index (χ1n) is 10.9. The summed E-state index contributed by atoms with van der Waals surface area (Å²) in [5, 5.41) is 2.81. The van der Waals surface area contributed by atoms with Crippen molar-refractivity contribution in [3.8, 4) is 0 Å². The van der Waals surface area contributed by atoms with Crippen molar-refractivity contribution < 1.29 is 22.8 Å². The average molecular weight is 528 g/mol. The van der Waals surface area contributed by atoms with Crippen molar-refractivity contribution in [3.05, 3.63) is 64.6 Å². The molecule has 1 atom stereocenters. The third kappa shape index (κ3) is 4.39. The van der Waals surface area contributed by atoms with Crippen LogP contribution in [0.3, 0.4) is 0 Å². The van der Waals surface area contributed by atoms with E-state index in [1.165, 1.54) is 9.80 Å². The Hall–Kier alpha value is -3.02. The Morgan fingerprint density at radius 1 is 1.14 bits per heavy atom. The fraction of sp³-hybridized carbons (Fsp3) is 0.250. The predicted octanol–water partition coefficient (Wildman–Crippen LogP) is 2.74. The second-order valence-electron chi connectivity index (χ2n) is 8.63. The minimum Gasteiger partial charge on any atom is -0.325 e. The molecule has 0 radical (unpaired) electrons. The normalized spacial score (nSPS) is 23.2. The molecule has 0 saturated carbocycles. The smallest absolute Gasteiger partial charge is 0.267 e. The Balaban J connectivity index is 1.45. The maximum atomic E-state index is 13.5. The molecule has 2 saturated heterocycles. The molecule has 0 aromatic heterocycles. The fourth-order valence-electron chi connectivity index (χ4n) is 4.55. The highest BCUT2D eigenvalue weighted by molar-refractivity contribution is 8.26. The monoisotopic (exact) mass is 527 g/mol. The van der Waals surface area contributed by atoms with E-state index in [0.29, 0.717) is 23.4 Å². The molecule has 5 rings (SSSR count). The van der Waals surface area contributed by atoms with Crippen molar-refractivity contribution in [2.75, 3.05) is 28.3 Å². The van der Waals surface area contributed by atoms with E-state index < -0.39 is 27.7 Å². The van der Waals surface area contributed by atoms with Crippen molar-refractivity contribution in [1.82, 2.24) is 4.90 Å². The molecule has 0 aliphatic carbocycles. The Bertz CT molecular complexity index is 1430. The summed E-state index contributed by atoms with van der Waals surface area (Å²) in [7, 11) is -3.23. The predicted molar refractivity (Wildman–Crippen MR) is 140 cm³/mol. The molecular formula is C24H21N3O5S3. The van der Waals surface area contributed by atoms with Crippen LogP contribution in [0.25, 0.3) is 5.57 Å². The number of nitrogens with zero attached hydrogens (tertiary/aromatic N) is 2. The molecule has 2 aromatic rings. The summed E-state index contributed by atoms with van der Waals surface area (Å²) < 4.78 is 24.2. The van der Waals surface area contributed by atoms with E-state index in [1.54, 1.807) is 30.3 Å². The van der Waals surface area contributed by atoms with Crippen molar-refractivity contribution in [3.63, 3.8) is 0 Å². The zero-order valence-corrected chi connectivity index (χ0v) is 21.1. The maximum Gasteiger partial charge on any atom is 0.267 e. The number of benzene rings is 2. The number of hydrogen-bond acceptors (Lipinski definition) is 7. The van der Waals surface area contributed by atoms with Crippen LogP contribution in [-0.2, 0) is 24.2 Å². The molecule has 2 aromatic carbocycles. The molecule has 2 fully saturated rings. The number of nitrogens with one attached hydrogen (secondary N) is 1. The van der Waals surface area contributed by atoms with Gasteiger partial charge in [-0.25, -0.2) is 8.42 Å². The van der Waals surface area contributed by atoms with Gasteiger partial charge in [0, 0.05) is 11.3 Å². The van der Waals surface area contributed by atoms with E-state index >= 15 is 0 Å². The van der Waals surface area contributed by atoms with Gasteiger partial charge < -0.3 is 5.32 Å². The molecule has 0 spiro atoms. The highest BCUT2D eigenvalue weighted by atomic mass is 32.2. The van der Waals surface area contributed by atoms with Gasteiger partial charge >= 0.3 is 0 Å². The van der Waals surface area contributed by atoms with E-state index in [-0.39, 0.29) is 38.8 Å². The first kappa shape index (κ1) is 23.7. The minimum absolute atomic E-state index is 0.00617. The van der Waals surface area contributed by atoms with Crippen molar-refractivity contribution in [2.45, 2.75) is 19.4 Å². The number of carbonyl (C=O) groups excluding carboxylic acids is 3. The van der Waals surface area contributed by atoms with E-state index in [1.807, 2.05) is 25.1 Å². The number of aryl methyl sites for hydroxylation is 1. The van der Waals surface area contributed by atoms with Gasteiger partial charge in [-0.05, 0) is 37.1 Å². The summed E-state index contributed by atoms with van der Waals surface area (Å²) in [6.07, 6.45) is 0.313. The number of rotatable bonds is 4. The molecular weight excluding hydrogens is 506 g/mol. The Kier molecular flexibility index (Phi) is 6.02. The summed E-state index contributed by atoms with van der Waals surface area (Å²) >= 11 is 6.41. The van der Waals surface area contributed by atoms with E-state index in [9.17, 15) is 22.8 Å². The molecule has 3 amide bonds. The highest BCUT2D eigenvalue weighted by Gasteiger charge is 2.46. The number of anilines is 2. The molecule has 0 unspecified atom stereocenters. The SMILES string of the molecule is Cc1cccc(NC(=O)CN2C(=O)/C(=C3/SC(=S)N([C@@H]4CCS(=O)(=O)C4)C3=O)c3ccccc32)c1. The van der Waals surface area contributed by atoms with Gasteiger partial charge in [-0.15, -0.1) is 0 Å². The summed E-state index contributed by atoms with van der Waals surface area (Å²) in [5.41, 5.74) is 2.87.